The first-order valence-corrected chi connectivity index (χ1v) is 30.9. The van der Waals surface area contributed by atoms with Crippen LogP contribution >= 0.6 is 0 Å². The van der Waals surface area contributed by atoms with Gasteiger partial charge in [0.15, 0.2) is 5.60 Å². The van der Waals surface area contributed by atoms with Gasteiger partial charge in [-0.2, -0.15) is 0 Å². The normalized spacial score (nSPS) is 24.5. The van der Waals surface area contributed by atoms with Crippen LogP contribution < -0.4 is 0 Å². The quantitative estimate of drug-likeness (QED) is 0.0910. The van der Waals surface area contributed by atoms with Crippen molar-refractivity contribution in [3.63, 3.8) is 0 Å². The molecule has 6 heterocycles. The minimum Gasteiger partial charge on any atom is -0.463 e. The van der Waals surface area contributed by atoms with Gasteiger partial charge in [0.1, 0.15) is 13.2 Å². The van der Waals surface area contributed by atoms with E-state index in [1.807, 2.05) is 90.0 Å². The lowest BCUT2D eigenvalue weighted by molar-refractivity contribution is -0.177. The van der Waals surface area contributed by atoms with Crippen LogP contribution in [0.4, 0.5) is 0 Å². The van der Waals surface area contributed by atoms with Gasteiger partial charge in [0.05, 0.1) is 65.3 Å². The van der Waals surface area contributed by atoms with Gasteiger partial charge in [-0.1, -0.05) is 62.3 Å². The third kappa shape index (κ3) is 24.1. The molecule has 0 bridgehead atoms. The van der Waals surface area contributed by atoms with Crippen molar-refractivity contribution in [3.8, 4) is 0 Å². The Balaban J connectivity index is 0.000000534. The summed E-state index contributed by atoms with van der Waals surface area (Å²) in [4.78, 5) is 137. The Bertz CT molecular complexity index is 2450. The number of rotatable bonds is 18. The smallest absolute Gasteiger partial charge is 0.350 e. The molecule has 7 atom stereocenters. The molecule has 0 radical (unpaired) electrons. The minimum absolute atomic E-state index is 0.0471. The standard InChI is InChI=1S/C12H20O4.3C11H18O4.2C10H16O4/c1-6-11(2,3)10(14)16-8-9(13)15-7-12(8,4)5;1-5-10(2,3)9(13)15-11(4)6-8(12)14-7-11;1-5-10(2,3)8(12)15-11(4)6-7-14-9(11)13;1-5-11(3,4)10(13)15-8-7(2)6-14-9(8)12;2*1-4-10(2,3)9(12)14-7-5-6-13-8(7)11/h8H,6-7H2,1-5H3;2*5-7H2,1-4H3;7-8H,5-6H2,1-4H3;2*7H,4-6H2,1-3H3. The van der Waals surface area contributed by atoms with E-state index in [9.17, 15) is 57.5 Å². The molecule has 510 valence electrons. The molecule has 0 saturated carbocycles. The Morgan fingerprint density at radius 1 is 0.438 bits per heavy atom. The highest BCUT2D eigenvalue weighted by atomic mass is 16.6. The predicted molar refractivity (Wildman–Crippen MR) is 320 cm³/mol. The molecule has 24 nitrogen and oxygen atoms in total. The van der Waals surface area contributed by atoms with Crippen molar-refractivity contribution in [2.24, 2.45) is 43.8 Å². The Kier molecular flexibility index (Phi) is 30.0. The SMILES string of the molecule is CCC(C)(C)C(=O)OC1(C)CCOC1=O.CCC(C)(C)C(=O)OC1(C)COC(=O)C1.CCC(C)(C)C(=O)OC1C(=O)OCC1(C)C.CCC(C)(C)C(=O)OC1C(=O)OCC1C.CCC(C)(C)C(=O)OC1CCOC1=O.CCC(C)(C)C(=O)OC1CCOC1=O. The Labute approximate surface area is 526 Å². The van der Waals surface area contributed by atoms with Crippen molar-refractivity contribution < 1.29 is 114 Å². The van der Waals surface area contributed by atoms with Gasteiger partial charge < -0.3 is 56.8 Å². The topological polar surface area (TPSA) is 316 Å². The lowest BCUT2D eigenvalue weighted by atomic mass is 9.88. The summed E-state index contributed by atoms with van der Waals surface area (Å²) < 4.78 is 59.9. The summed E-state index contributed by atoms with van der Waals surface area (Å²) in [5.41, 5.74) is -5.49. The van der Waals surface area contributed by atoms with Crippen LogP contribution in [-0.4, -0.2) is 147 Å². The Hall–Kier alpha value is -6.36. The maximum atomic E-state index is 11.9. The van der Waals surface area contributed by atoms with Gasteiger partial charge in [0.2, 0.25) is 30.0 Å². The summed E-state index contributed by atoms with van der Waals surface area (Å²) in [7, 11) is 0. The van der Waals surface area contributed by atoms with Crippen molar-refractivity contribution in [3.05, 3.63) is 0 Å². The number of esters is 12. The van der Waals surface area contributed by atoms with E-state index in [1.165, 1.54) is 0 Å². The molecule has 0 aliphatic carbocycles. The van der Waals surface area contributed by atoms with Crippen molar-refractivity contribution in [2.45, 2.75) is 259 Å². The van der Waals surface area contributed by atoms with E-state index in [2.05, 4.69) is 0 Å². The van der Waals surface area contributed by atoms with Gasteiger partial charge in [-0.15, -0.1) is 0 Å². The van der Waals surface area contributed by atoms with E-state index >= 15 is 0 Å². The Morgan fingerprint density at radius 3 is 1.12 bits per heavy atom. The number of carbonyl (C=O) groups excluding carboxylic acids is 12. The summed E-state index contributed by atoms with van der Waals surface area (Å²) >= 11 is 0. The Morgan fingerprint density at radius 2 is 0.820 bits per heavy atom. The zero-order valence-corrected chi connectivity index (χ0v) is 57.5. The molecule has 89 heavy (non-hydrogen) atoms. The fraction of sp³-hybridized carbons (Fsp3) is 0.815. The van der Waals surface area contributed by atoms with Crippen LogP contribution in [0, 0.1) is 43.8 Å². The van der Waals surface area contributed by atoms with Gasteiger partial charge in [-0.05, 0) is 135 Å². The molecule has 0 N–H and O–H groups in total. The molecular formula is C65H106O24. The maximum absolute atomic E-state index is 11.9. The summed E-state index contributed by atoms with van der Waals surface area (Å²) in [6.45, 7) is 43.9. The molecule has 0 spiro atoms. The molecule has 6 aliphatic heterocycles. The summed E-state index contributed by atoms with van der Waals surface area (Å²) in [6.07, 6.45) is 2.80. The molecule has 0 amide bonds. The number of ether oxygens (including phenoxy) is 12. The molecule has 6 rings (SSSR count). The monoisotopic (exact) mass is 1270 g/mol. The van der Waals surface area contributed by atoms with Gasteiger partial charge in [0.25, 0.3) is 0 Å². The highest BCUT2D eigenvalue weighted by molar-refractivity contribution is 5.87. The molecule has 24 heteroatoms. The van der Waals surface area contributed by atoms with Crippen LogP contribution in [0.3, 0.4) is 0 Å². The molecule has 6 saturated heterocycles. The largest absolute Gasteiger partial charge is 0.463 e. The maximum Gasteiger partial charge on any atom is 0.350 e. The first kappa shape index (κ1) is 80.7. The molecular weight excluding hydrogens is 1160 g/mol. The lowest BCUT2D eigenvalue weighted by Crippen LogP contribution is -2.40. The molecule has 6 aliphatic rings. The second kappa shape index (κ2) is 33.1. The lowest BCUT2D eigenvalue weighted by Gasteiger charge is -2.27. The van der Waals surface area contributed by atoms with E-state index in [4.69, 9.17) is 56.8 Å². The zero-order chi connectivity index (χ0) is 69.1. The third-order valence-corrected chi connectivity index (χ3v) is 17.1. The fourth-order valence-corrected chi connectivity index (χ4v) is 6.97. The third-order valence-electron chi connectivity index (χ3n) is 17.1. The van der Waals surface area contributed by atoms with E-state index < -0.39 is 103 Å². The first-order valence-electron chi connectivity index (χ1n) is 30.9. The average Bonchev–Trinajstić information content (AvgIpc) is 1.99. The second-order valence-electron chi connectivity index (χ2n) is 28.1. The first-order chi connectivity index (χ1) is 40.6. The number of hydrogen-bond donors (Lipinski definition) is 0. The minimum atomic E-state index is -1.08. The molecule has 6 fully saturated rings. The van der Waals surface area contributed by atoms with Crippen molar-refractivity contribution >= 4 is 71.6 Å². The highest BCUT2D eigenvalue weighted by Gasteiger charge is 2.49. The van der Waals surface area contributed by atoms with Crippen molar-refractivity contribution in [1.82, 2.24) is 0 Å². The molecule has 0 aromatic heterocycles. The predicted octanol–water partition coefficient (Wildman–Crippen LogP) is 9.35. The molecule has 0 aromatic rings. The number of carbonyl (C=O) groups is 12. The molecule has 7 unspecified atom stereocenters. The van der Waals surface area contributed by atoms with Crippen molar-refractivity contribution in [1.29, 1.82) is 0 Å². The highest BCUT2D eigenvalue weighted by Crippen LogP contribution is 2.35. The molecule has 0 aromatic carbocycles. The summed E-state index contributed by atoms with van der Waals surface area (Å²) in [6, 6.07) is 0. The van der Waals surface area contributed by atoms with Crippen LogP contribution in [0.1, 0.15) is 223 Å². The van der Waals surface area contributed by atoms with Gasteiger partial charge in [0, 0.05) is 30.6 Å². The van der Waals surface area contributed by atoms with Crippen molar-refractivity contribution in [2.75, 3.05) is 39.6 Å². The van der Waals surface area contributed by atoms with Crippen LogP contribution in [-0.2, 0) is 114 Å². The zero-order valence-electron chi connectivity index (χ0n) is 57.5. The fourth-order valence-electron chi connectivity index (χ4n) is 6.97. The second-order valence-corrected chi connectivity index (χ2v) is 28.1. The van der Waals surface area contributed by atoms with Crippen LogP contribution in [0.2, 0.25) is 0 Å². The van der Waals surface area contributed by atoms with Crippen LogP contribution in [0.25, 0.3) is 0 Å². The number of hydrogen-bond acceptors (Lipinski definition) is 24. The van der Waals surface area contributed by atoms with Gasteiger partial charge in [-0.25, -0.2) is 24.0 Å². The van der Waals surface area contributed by atoms with E-state index in [1.54, 1.807) is 69.2 Å². The van der Waals surface area contributed by atoms with Gasteiger partial charge in [-0.3, -0.25) is 33.6 Å². The van der Waals surface area contributed by atoms with Gasteiger partial charge >= 0.3 is 71.6 Å². The number of cyclic esters (lactones) is 6. The van der Waals surface area contributed by atoms with E-state index in [-0.39, 0.29) is 60.7 Å². The van der Waals surface area contributed by atoms with Crippen LogP contribution in [0.15, 0.2) is 0 Å². The average molecular weight is 1270 g/mol. The van der Waals surface area contributed by atoms with Crippen LogP contribution in [0.5, 0.6) is 0 Å². The summed E-state index contributed by atoms with van der Waals surface area (Å²) in [5.74, 6) is -4.46. The van der Waals surface area contributed by atoms with E-state index in [0.29, 0.717) is 90.8 Å². The summed E-state index contributed by atoms with van der Waals surface area (Å²) in [5, 5.41) is 0. The van der Waals surface area contributed by atoms with E-state index in [0.717, 1.165) is 0 Å².